The molecule has 1 unspecified atom stereocenters. The summed E-state index contributed by atoms with van der Waals surface area (Å²) in [5.41, 5.74) is 0. The highest BCUT2D eigenvalue weighted by Crippen LogP contribution is 2.19. The van der Waals surface area contributed by atoms with Crippen LogP contribution in [0.25, 0.3) is 0 Å². The fourth-order valence-corrected chi connectivity index (χ4v) is 4.15. The van der Waals surface area contributed by atoms with Gasteiger partial charge in [-0.3, -0.25) is 4.98 Å². The smallest absolute Gasteiger partial charge is 0.244 e. The normalized spacial score (nSPS) is 20.2. The van der Waals surface area contributed by atoms with Crippen molar-refractivity contribution < 1.29 is 8.42 Å². The molecule has 0 aliphatic carbocycles. The van der Waals surface area contributed by atoms with Gasteiger partial charge in [0.15, 0.2) is 0 Å². The predicted molar refractivity (Wildman–Crippen MR) is 78.9 cm³/mol. The maximum atomic E-state index is 12.7. The monoisotopic (exact) mass is 297 g/mol. The molecule has 0 radical (unpaired) electrons. The van der Waals surface area contributed by atoms with Crippen molar-refractivity contribution in [2.24, 2.45) is 5.92 Å². The van der Waals surface area contributed by atoms with Gasteiger partial charge in [-0.2, -0.15) is 4.31 Å². The van der Waals surface area contributed by atoms with Gasteiger partial charge in [0, 0.05) is 25.5 Å². The highest BCUT2D eigenvalue weighted by Gasteiger charge is 2.27. The Kier molecular flexibility index (Phi) is 5.51. The third-order valence-electron chi connectivity index (χ3n) is 3.61. The van der Waals surface area contributed by atoms with E-state index in [0.717, 1.165) is 32.4 Å². The van der Waals surface area contributed by atoms with Crippen molar-refractivity contribution in [3.8, 4) is 0 Å². The largest absolute Gasteiger partial charge is 0.316 e. The summed E-state index contributed by atoms with van der Waals surface area (Å²) < 4.78 is 26.9. The Morgan fingerprint density at radius 3 is 2.95 bits per heavy atom. The molecule has 0 spiro atoms. The Labute approximate surface area is 121 Å². The zero-order valence-electron chi connectivity index (χ0n) is 12.0. The van der Waals surface area contributed by atoms with Crippen molar-refractivity contribution in [3.05, 3.63) is 24.5 Å². The van der Waals surface area contributed by atoms with Gasteiger partial charge >= 0.3 is 0 Å². The first kappa shape index (κ1) is 15.4. The Morgan fingerprint density at radius 1 is 1.50 bits per heavy atom. The molecule has 1 saturated heterocycles. The predicted octanol–water partition coefficient (Wildman–Crippen LogP) is 1.48. The molecule has 5 nitrogen and oxygen atoms in total. The summed E-state index contributed by atoms with van der Waals surface area (Å²) in [7, 11) is -3.42. The molecule has 0 aromatic carbocycles. The molecule has 1 N–H and O–H groups in total. The molecule has 2 heterocycles. The molecule has 1 aromatic rings. The van der Waals surface area contributed by atoms with Gasteiger partial charge in [-0.15, -0.1) is 0 Å². The van der Waals surface area contributed by atoms with E-state index >= 15 is 0 Å². The number of piperidine rings is 1. The van der Waals surface area contributed by atoms with Crippen LogP contribution in [0.1, 0.15) is 26.2 Å². The molecule has 2 rings (SSSR count). The maximum absolute atomic E-state index is 12.7. The maximum Gasteiger partial charge on any atom is 0.244 e. The lowest BCUT2D eigenvalue weighted by Gasteiger charge is -2.29. The summed E-state index contributed by atoms with van der Waals surface area (Å²) in [6.07, 6.45) is 6.05. The second kappa shape index (κ2) is 7.15. The van der Waals surface area contributed by atoms with E-state index in [0.29, 0.717) is 19.0 Å². The number of aromatic nitrogens is 1. The van der Waals surface area contributed by atoms with Gasteiger partial charge in [0.05, 0.1) is 0 Å². The summed E-state index contributed by atoms with van der Waals surface area (Å²) in [5, 5.41) is 3.34. The summed E-state index contributed by atoms with van der Waals surface area (Å²) in [5.74, 6) is 0.404. The third kappa shape index (κ3) is 3.77. The number of pyridine rings is 1. The summed E-state index contributed by atoms with van der Waals surface area (Å²) in [6, 6.07) is 3.28. The lowest BCUT2D eigenvalue weighted by molar-refractivity contribution is 0.291. The van der Waals surface area contributed by atoms with Crippen LogP contribution < -0.4 is 5.32 Å². The molecule has 6 heteroatoms. The van der Waals surface area contributed by atoms with Crippen LogP contribution in [-0.4, -0.2) is 43.9 Å². The number of nitrogens with zero attached hydrogens (tertiary/aromatic N) is 2. The Hall–Kier alpha value is -0.980. The molecule has 1 fully saturated rings. The average Bonchev–Trinajstić information content (AvgIpc) is 2.49. The minimum absolute atomic E-state index is 0.289. The second-order valence-corrected chi connectivity index (χ2v) is 7.20. The molecule has 1 aliphatic heterocycles. The van der Waals surface area contributed by atoms with Crippen molar-refractivity contribution in [1.29, 1.82) is 0 Å². The van der Waals surface area contributed by atoms with Gasteiger partial charge in [0.25, 0.3) is 0 Å². The molecule has 1 aliphatic rings. The summed E-state index contributed by atoms with van der Waals surface area (Å²) in [4.78, 5) is 4.21. The SMILES string of the molecule is CCCN(CC1CCCNC1)S(=O)(=O)c1cccnc1. The van der Waals surface area contributed by atoms with E-state index in [9.17, 15) is 8.42 Å². The highest BCUT2D eigenvalue weighted by atomic mass is 32.2. The number of nitrogens with one attached hydrogen (secondary N) is 1. The standard InChI is InChI=1S/C14H23N3O2S/c1-2-9-17(12-13-5-3-7-15-10-13)20(18,19)14-6-4-8-16-11-14/h4,6,8,11,13,15H,2-3,5,7,9-10,12H2,1H3. The van der Waals surface area contributed by atoms with Gasteiger partial charge < -0.3 is 5.32 Å². The molecule has 1 atom stereocenters. The van der Waals surface area contributed by atoms with Crippen molar-refractivity contribution in [1.82, 2.24) is 14.6 Å². The van der Waals surface area contributed by atoms with Crippen LogP contribution in [0.15, 0.2) is 29.4 Å². The number of hydrogen-bond acceptors (Lipinski definition) is 4. The van der Waals surface area contributed by atoms with Crippen molar-refractivity contribution >= 4 is 10.0 Å². The number of sulfonamides is 1. The minimum atomic E-state index is -3.42. The number of hydrogen-bond donors (Lipinski definition) is 1. The molecule has 112 valence electrons. The van der Waals surface area contributed by atoms with Crippen LogP contribution in [0.4, 0.5) is 0 Å². The van der Waals surface area contributed by atoms with Gasteiger partial charge in [0.2, 0.25) is 10.0 Å². The Balaban J connectivity index is 2.14. The van der Waals surface area contributed by atoms with Crippen LogP contribution in [0.2, 0.25) is 0 Å². The highest BCUT2D eigenvalue weighted by molar-refractivity contribution is 7.89. The molecule has 1 aromatic heterocycles. The molecule has 0 saturated carbocycles. The van der Waals surface area contributed by atoms with Crippen LogP contribution in [0, 0.1) is 5.92 Å². The topological polar surface area (TPSA) is 62.3 Å². The van der Waals surface area contributed by atoms with Gasteiger partial charge in [-0.1, -0.05) is 6.92 Å². The molecule has 0 amide bonds. The van der Waals surface area contributed by atoms with Gasteiger partial charge in [-0.25, -0.2) is 8.42 Å². The Bertz CT molecular complexity index is 498. The van der Waals surface area contributed by atoms with E-state index in [1.807, 2.05) is 6.92 Å². The summed E-state index contributed by atoms with van der Waals surface area (Å²) >= 11 is 0. The van der Waals surface area contributed by atoms with E-state index in [1.165, 1.54) is 6.20 Å². The average molecular weight is 297 g/mol. The lowest BCUT2D eigenvalue weighted by atomic mass is 10.00. The Morgan fingerprint density at radius 2 is 2.35 bits per heavy atom. The van der Waals surface area contributed by atoms with E-state index in [1.54, 1.807) is 22.6 Å². The van der Waals surface area contributed by atoms with Gasteiger partial charge in [-0.05, 0) is 50.4 Å². The fourth-order valence-electron chi connectivity index (χ4n) is 2.58. The fraction of sp³-hybridized carbons (Fsp3) is 0.643. The van der Waals surface area contributed by atoms with Crippen molar-refractivity contribution in [2.75, 3.05) is 26.2 Å². The molecule has 0 bridgehead atoms. The van der Waals surface area contributed by atoms with E-state index < -0.39 is 10.0 Å². The van der Waals surface area contributed by atoms with Crippen LogP contribution in [-0.2, 0) is 10.0 Å². The van der Waals surface area contributed by atoms with Crippen LogP contribution in [0.3, 0.4) is 0 Å². The third-order valence-corrected chi connectivity index (χ3v) is 5.45. The summed E-state index contributed by atoms with van der Waals surface area (Å²) in [6.45, 7) is 5.11. The van der Waals surface area contributed by atoms with E-state index in [2.05, 4.69) is 10.3 Å². The minimum Gasteiger partial charge on any atom is -0.316 e. The molecule has 20 heavy (non-hydrogen) atoms. The zero-order valence-corrected chi connectivity index (χ0v) is 12.8. The van der Waals surface area contributed by atoms with Gasteiger partial charge in [0.1, 0.15) is 4.90 Å². The quantitative estimate of drug-likeness (QED) is 0.864. The lowest BCUT2D eigenvalue weighted by Crippen LogP contribution is -2.41. The first-order valence-corrected chi connectivity index (χ1v) is 8.69. The molecular formula is C14H23N3O2S. The zero-order chi connectivity index (χ0) is 14.4. The molecular weight excluding hydrogens is 274 g/mol. The first-order valence-electron chi connectivity index (χ1n) is 7.25. The van der Waals surface area contributed by atoms with Crippen molar-refractivity contribution in [3.63, 3.8) is 0 Å². The number of rotatable bonds is 6. The van der Waals surface area contributed by atoms with E-state index in [-0.39, 0.29) is 4.90 Å². The van der Waals surface area contributed by atoms with E-state index in [4.69, 9.17) is 0 Å². The first-order chi connectivity index (χ1) is 9.64. The van der Waals surface area contributed by atoms with Crippen molar-refractivity contribution in [2.45, 2.75) is 31.1 Å². The van der Waals surface area contributed by atoms with Crippen LogP contribution in [0.5, 0.6) is 0 Å². The second-order valence-electron chi connectivity index (χ2n) is 5.26. The van der Waals surface area contributed by atoms with Crippen LogP contribution >= 0.6 is 0 Å².